The largest absolute Gasteiger partial charge is 0.394 e. The number of hydrogen-bond donors (Lipinski definition) is 3. The number of rotatable bonds is 5. The van der Waals surface area contributed by atoms with Crippen LogP contribution >= 0.6 is 11.8 Å². The summed E-state index contributed by atoms with van der Waals surface area (Å²) >= 11 is 1.52. The van der Waals surface area contributed by atoms with Gasteiger partial charge in [0.05, 0.1) is 12.7 Å². The fourth-order valence-corrected chi connectivity index (χ4v) is 1.89. The number of aliphatic hydroxyl groups is 2. The fourth-order valence-electron chi connectivity index (χ4n) is 0.930. The van der Waals surface area contributed by atoms with Crippen molar-refractivity contribution in [3.8, 4) is 0 Å². The molecule has 0 bridgehead atoms. The average molecular weight is 214 g/mol. The zero-order valence-corrected chi connectivity index (χ0v) is 8.57. The molecular weight excluding hydrogens is 200 g/mol. The minimum Gasteiger partial charge on any atom is -0.394 e. The third-order valence-electron chi connectivity index (χ3n) is 1.70. The summed E-state index contributed by atoms with van der Waals surface area (Å²) < 4.78 is 0. The van der Waals surface area contributed by atoms with Gasteiger partial charge in [-0.25, -0.2) is 4.98 Å². The first-order valence-corrected chi connectivity index (χ1v) is 5.45. The van der Waals surface area contributed by atoms with Crippen molar-refractivity contribution in [2.45, 2.75) is 11.9 Å². The minimum absolute atomic E-state index is 0.199. The number of aliphatic hydroxyl groups excluding tert-OH is 2. The van der Waals surface area contributed by atoms with Crippen LogP contribution in [-0.2, 0) is 5.75 Å². The molecule has 1 rings (SSSR count). The van der Waals surface area contributed by atoms with Crippen LogP contribution in [0.1, 0.15) is 5.56 Å². The van der Waals surface area contributed by atoms with Crippen molar-refractivity contribution < 1.29 is 10.2 Å². The molecule has 1 heterocycles. The smallest absolute Gasteiger partial charge is 0.127 e. The molecule has 1 aromatic heterocycles. The molecule has 0 radical (unpaired) electrons. The van der Waals surface area contributed by atoms with Gasteiger partial charge >= 0.3 is 0 Å². The van der Waals surface area contributed by atoms with Crippen LogP contribution in [0.25, 0.3) is 0 Å². The fraction of sp³-hybridized carbons (Fsp3) is 0.444. The molecule has 0 spiro atoms. The molecule has 0 aromatic carbocycles. The van der Waals surface area contributed by atoms with Gasteiger partial charge in [0.2, 0.25) is 0 Å². The van der Waals surface area contributed by atoms with Crippen LogP contribution in [0, 0.1) is 0 Å². The lowest BCUT2D eigenvalue weighted by Gasteiger charge is -2.07. The van der Waals surface area contributed by atoms with Gasteiger partial charge in [0.15, 0.2) is 0 Å². The Morgan fingerprint density at radius 3 is 3.00 bits per heavy atom. The van der Waals surface area contributed by atoms with E-state index in [-0.39, 0.29) is 6.61 Å². The van der Waals surface area contributed by atoms with Crippen LogP contribution in [0.4, 0.5) is 5.82 Å². The number of thioether (sulfide) groups is 1. The van der Waals surface area contributed by atoms with Gasteiger partial charge in [0.25, 0.3) is 0 Å². The quantitative estimate of drug-likeness (QED) is 0.655. The zero-order chi connectivity index (χ0) is 10.4. The summed E-state index contributed by atoms with van der Waals surface area (Å²) in [6, 6.07) is 3.73. The maximum Gasteiger partial charge on any atom is 0.127 e. The van der Waals surface area contributed by atoms with Crippen LogP contribution in [0.2, 0.25) is 0 Å². The molecule has 0 aliphatic rings. The number of hydrogen-bond acceptors (Lipinski definition) is 5. The van der Waals surface area contributed by atoms with E-state index in [9.17, 15) is 0 Å². The van der Waals surface area contributed by atoms with Gasteiger partial charge in [0.1, 0.15) is 5.82 Å². The number of nitrogen functional groups attached to an aromatic ring is 1. The minimum atomic E-state index is -0.655. The maximum absolute atomic E-state index is 9.09. The van der Waals surface area contributed by atoms with E-state index in [0.717, 1.165) is 5.56 Å². The van der Waals surface area contributed by atoms with Gasteiger partial charge < -0.3 is 15.9 Å². The molecule has 4 N–H and O–H groups in total. The Morgan fingerprint density at radius 2 is 2.36 bits per heavy atom. The molecule has 14 heavy (non-hydrogen) atoms. The second-order valence-corrected chi connectivity index (χ2v) is 3.93. The molecule has 1 aromatic rings. The van der Waals surface area contributed by atoms with Crippen molar-refractivity contribution in [2.24, 2.45) is 0 Å². The lowest BCUT2D eigenvalue weighted by Crippen LogP contribution is -2.14. The van der Waals surface area contributed by atoms with E-state index in [4.69, 9.17) is 15.9 Å². The van der Waals surface area contributed by atoms with E-state index in [1.807, 2.05) is 12.1 Å². The lowest BCUT2D eigenvalue weighted by atomic mass is 10.3. The van der Waals surface area contributed by atoms with E-state index in [2.05, 4.69) is 4.98 Å². The van der Waals surface area contributed by atoms with Crippen molar-refractivity contribution in [3.63, 3.8) is 0 Å². The zero-order valence-electron chi connectivity index (χ0n) is 7.76. The SMILES string of the molecule is Nc1ncccc1CSCC(O)CO. The summed E-state index contributed by atoms with van der Waals surface area (Å²) in [6.07, 6.45) is 0.990. The highest BCUT2D eigenvalue weighted by molar-refractivity contribution is 7.98. The van der Waals surface area contributed by atoms with E-state index in [0.29, 0.717) is 17.3 Å². The molecule has 4 nitrogen and oxygen atoms in total. The normalized spacial score (nSPS) is 12.7. The molecule has 0 fully saturated rings. The summed E-state index contributed by atoms with van der Waals surface area (Å²) in [7, 11) is 0. The Hall–Kier alpha value is -0.780. The number of aromatic nitrogens is 1. The van der Waals surface area contributed by atoms with E-state index in [1.165, 1.54) is 11.8 Å². The van der Waals surface area contributed by atoms with Gasteiger partial charge in [-0.15, -0.1) is 0 Å². The first kappa shape index (κ1) is 11.3. The molecular formula is C9H14N2O2S. The number of pyridine rings is 1. The first-order valence-electron chi connectivity index (χ1n) is 4.30. The summed E-state index contributed by atoms with van der Waals surface area (Å²) in [5.74, 6) is 1.74. The third kappa shape index (κ3) is 3.53. The highest BCUT2D eigenvalue weighted by atomic mass is 32.2. The molecule has 0 saturated carbocycles. The molecule has 0 aliphatic heterocycles. The van der Waals surface area contributed by atoms with E-state index >= 15 is 0 Å². The second-order valence-electron chi connectivity index (χ2n) is 2.90. The van der Waals surface area contributed by atoms with Crippen LogP contribution < -0.4 is 5.73 Å². The summed E-state index contributed by atoms with van der Waals surface area (Å²) in [4.78, 5) is 3.95. The van der Waals surface area contributed by atoms with Crippen molar-refractivity contribution >= 4 is 17.6 Å². The van der Waals surface area contributed by atoms with Crippen molar-refractivity contribution in [1.82, 2.24) is 4.98 Å². The predicted molar refractivity (Wildman–Crippen MR) is 57.9 cm³/mol. The molecule has 0 aliphatic carbocycles. The third-order valence-corrected chi connectivity index (χ3v) is 2.84. The molecule has 1 unspecified atom stereocenters. The van der Waals surface area contributed by atoms with Gasteiger partial charge in [0, 0.05) is 23.3 Å². The average Bonchev–Trinajstić information content (AvgIpc) is 2.20. The summed E-state index contributed by atoms with van der Waals surface area (Å²) in [5.41, 5.74) is 6.59. The predicted octanol–water partition coefficient (Wildman–Crippen LogP) is 0.250. The Kier molecular flexibility index (Phi) is 4.72. The van der Waals surface area contributed by atoms with Crippen LogP contribution in [-0.4, -0.2) is 33.7 Å². The Labute approximate surface area is 87.2 Å². The molecule has 1 atom stereocenters. The van der Waals surface area contributed by atoms with Crippen LogP contribution in [0.15, 0.2) is 18.3 Å². The summed E-state index contributed by atoms with van der Waals surface area (Å²) in [5, 5.41) is 17.7. The van der Waals surface area contributed by atoms with Gasteiger partial charge in [-0.2, -0.15) is 11.8 Å². The van der Waals surface area contributed by atoms with E-state index in [1.54, 1.807) is 6.20 Å². The lowest BCUT2D eigenvalue weighted by molar-refractivity contribution is 0.113. The topological polar surface area (TPSA) is 79.4 Å². The maximum atomic E-state index is 9.09. The summed E-state index contributed by atoms with van der Waals surface area (Å²) in [6.45, 7) is -0.199. The number of nitrogens with two attached hydrogens (primary N) is 1. The first-order chi connectivity index (χ1) is 6.74. The highest BCUT2D eigenvalue weighted by Gasteiger charge is 2.03. The highest BCUT2D eigenvalue weighted by Crippen LogP contribution is 2.16. The van der Waals surface area contributed by atoms with Gasteiger partial charge in [-0.05, 0) is 6.07 Å². The van der Waals surface area contributed by atoms with Crippen molar-refractivity contribution in [2.75, 3.05) is 18.1 Å². The standard InChI is InChI=1S/C9H14N2O2S/c10-9-7(2-1-3-11-9)5-14-6-8(13)4-12/h1-3,8,12-13H,4-6H2,(H2,10,11). The Balaban J connectivity index is 2.35. The van der Waals surface area contributed by atoms with Crippen molar-refractivity contribution in [1.29, 1.82) is 0 Å². The second kappa shape index (κ2) is 5.85. The Bertz CT molecular complexity index is 283. The van der Waals surface area contributed by atoms with Gasteiger partial charge in [-0.1, -0.05) is 6.07 Å². The molecule has 5 heteroatoms. The molecule has 0 amide bonds. The Morgan fingerprint density at radius 1 is 1.57 bits per heavy atom. The molecule has 0 saturated heterocycles. The van der Waals surface area contributed by atoms with Crippen LogP contribution in [0.3, 0.4) is 0 Å². The number of nitrogens with zero attached hydrogens (tertiary/aromatic N) is 1. The van der Waals surface area contributed by atoms with Crippen LogP contribution in [0.5, 0.6) is 0 Å². The van der Waals surface area contributed by atoms with Crippen molar-refractivity contribution in [3.05, 3.63) is 23.9 Å². The van der Waals surface area contributed by atoms with Gasteiger partial charge in [-0.3, -0.25) is 0 Å². The monoisotopic (exact) mass is 214 g/mol. The molecule has 78 valence electrons. The van der Waals surface area contributed by atoms with E-state index < -0.39 is 6.10 Å². The number of anilines is 1.